The highest BCUT2D eigenvalue weighted by Gasteiger charge is 2.11. The highest BCUT2D eigenvalue weighted by Crippen LogP contribution is 2.23. The second-order valence-electron chi connectivity index (χ2n) is 5.36. The molecule has 0 spiro atoms. The summed E-state index contributed by atoms with van der Waals surface area (Å²) in [6.45, 7) is 6.63. The summed E-state index contributed by atoms with van der Waals surface area (Å²) in [5, 5.41) is 0.987. The zero-order chi connectivity index (χ0) is 11.8. The normalized spacial score (nSPS) is 11.9. The minimum Gasteiger partial charge on any atom is -0.423 e. The molecule has 16 heavy (non-hydrogen) atoms. The van der Waals surface area contributed by atoms with E-state index >= 15 is 0 Å². The SMILES string of the molecule is CC(C)(C)Cc1ccc2oc(=O)ccc2c1. The number of hydrogen-bond donors (Lipinski definition) is 0. The average Bonchev–Trinajstić information content (AvgIpc) is 2.16. The van der Waals surface area contributed by atoms with Crippen LogP contribution in [0, 0.1) is 5.41 Å². The van der Waals surface area contributed by atoms with Gasteiger partial charge in [0.15, 0.2) is 0 Å². The molecule has 0 aliphatic heterocycles. The molecule has 2 rings (SSSR count). The Kier molecular flexibility index (Phi) is 2.58. The van der Waals surface area contributed by atoms with Crippen molar-refractivity contribution in [2.24, 2.45) is 5.41 Å². The molecule has 1 aromatic carbocycles. The maximum atomic E-state index is 11.0. The molecule has 0 aliphatic carbocycles. The van der Waals surface area contributed by atoms with E-state index in [2.05, 4.69) is 26.8 Å². The molecule has 0 aliphatic rings. The van der Waals surface area contributed by atoms with Crippen LogP contribution in [0.1, 0.15) is 26.3 Å². The summed E-state index contributed by atoms with van der Waals surface area (Å²) in [6, 6.07) is 9.26. The van der Waals surface area contributed by atoms with Crippen LogP contribution in [0.4, 0.5) is 0 Å². The van der Waals surface area contributed by atoms with Gasteiger partial charge >= 0.3 is 5.63 Å². The molecule has 0 bridgehead atoms. The van der Waals surface area contributed by atoms with Gasteiger partial charge in [0, 0.05) is 11.5 Å². The summed E-state index contributed by atoms with van der Waals surface area (Å²) in [4.78, 5) is 11.0. The predicted molar refractivity (Wildman–Crippen MR) is 65.6 cm³/mol. The van der Waals surface area contributed by atoms with Crippen molar-refractivity contribution in [2.75, 3.05) is 0 Å². The lowest BCUT2D eigenvalue weighted by Gasteiger charge is -2.18. The van der Waals surface area contributed by atoms with Gasteiger partial charge in [-0.15, -0.1) is 0 Å². The molecule has 0 atom stereocenters. The fourth-order valence-corrected chi connectivity index (χ4v) is 1.84. The van der Waals surface area contributed by atoms with Gasteiger partial charge in [0.05, 0.1) is 0 Å². The highest BCUT2D eigenvalue weighted by molar-refractivity contribution is 5.76. The zero-order valence-electron chi connectivity index (χ0n) is 9.91. The second kappa shape index (κ2) is 3.78. The molecule has 2 nitrogen and oxygen atoms in total. The molecule has 0 amide bonds. The first-order chi connectivity index (χ1) is 7.44. The number of fused-ring (bicyclic) bond motifs is 1. The molecule has 0 radical (unpaired) electrons. The molecule has 2 heteroatoms. The minimum atomic E-state index is -0.295. The zero-order valence-corrected chi connectivity index (χ0v) is 9.91. The van der Waals surface area contributed by atoms with Gasteiger partial charge in [0.2, 0.25) is 0 Å². The topological polar surface area (TPSA) is 30.2 Å². The van der Waals surface area contributed by atoms with E-state index in [-0.39, 0.29) is 11.0 Å². The van der Waals surface area contributed by atoms with Crippen LogP contribution < -0.4 is 5.63 Å². The van der Waals surface area contributed by atoms with E-state index < -0.39 is 0 Å². The summed E-state index contributed by atoms with van der Waals surface area (Å²) in [5.41, 5.74) is 1.90. The van der Waals surface area contributed by atoms with Gasteiger partial charge < -0.3 is 4.42 Å². The Morgan fingerprint density at radius 1 is 1.12 bits per heavy atom. The first-order valence-corrected chi connectivity index (χ1v) is 5.47. The van der Waals surface area contributed by atoms with E-state index in [0.29, 0.717) is 5.58 Å². The smallest absolute Gasteiger partial charge is 0.336 e. The van der Waals surface area contributed by atoms with E-state index in [1.807, 2.05) is 18.2 Å². The molecule has 0 unspecified atom stereocenters. The van der Waals surface area contributed by atoms with Crippen LogP contribution in [0.5, 0.6) is 0 Å². The lowest BCUT2D eigenvalue weighted by molar-refractivity contribution is 0.411. The fraction of sp³-hybridized carbons (Fsp3) is 0.357. The van der Waals surface area contributed by atoms with Crippen LogP contribution in [0.2, 0.25) is 0 Å². The summed E-state index contributed by atoms with van der Waals surface area (Å²) in [5.74, 6) is 0. The van der Waals surface area contributed by atoms with Crippen molar-refractivity contribution in [1.29, 1.82) is 0 Å². The quantitative estimate of drug-likeness (QED) is 0.684. The third-order valence-electron chi connectivity index (χ3n) is 2.42. The Morgan fingerprint density at radius 2 is 1.88 bits per heavy atom. The summed E-state index contributed by atoms with van der Waals surface area (Å²) >= 11 is 0. The van der Waals surface area contributed by atoms with Crippen molar-refractivity contribution >= 4 is 11.0 Å². The number of benzene rings is 1. The van der Waals surface area contributed by atoms with Gasteiger partial charge in [0.1, 0.15) is 5.58 Å². The van der Waals surface area contributed by atoms with Crippen molar-refractivity contribution in [3.05, 3.63) is 46.3 Å². The average molecular weight is 216 g/mol. The van der Waals surface area contributed by atoms with Crippen molar-refractivity contribution in [3.63, 3.8) is 0 Å². The van der Waals surface area contributed by atoms with Crippen molar-refractivity contribution < 1.29 is 4.42 Å². The Balaban J connectivity index is 2.45. The third-order valence-corrected chi connectivity index (χ3v) is 2.42. The summed E-state index contributed by atoms with van der Waals surface area (Å²) < 4.78 is 5.09. The monoisotopic (exact) mass is 216 g/mol. The van der Waals surface area contributed by atoms with Crippen LogP contribution in [-0.2, 0) is 6.42 Å². The van der Waals surface area contributed by atoms with Crippen LogP contribution in [0.3, 0.4) is 0 Å². The molecule has 0 saturated heterocycles. The van der Waals surface area contributed by atoms with Crippen LogP contribution in [0.15, 0.2) is 39.5 Å². The molecular weight excluding hydrogens is 200 g/mol. The van der Waals surface area contributed by atoms with Gasteiger partial charge in [-0.25, -0.2) is 4.79 Å². The lowest BCUT2D eigenvalue weighted by atomic mass is 9.88. The molecule has 0 fully saturated rings. The van der Waals surface area contributed by atoms with Crippen molar-refractivity contribution in [1.82, 2.24) is 0 Å². The molecule has 1 heterocycles. The van der Waals surface area contributed by atoms with E-state index in [1.54, 1.807) is 0 Å². The second-order valence-corrected chi connectivity index (χ2v) is 5.36. The van der Waals surface area contributed by atoms with Crippen molar-refractivity contribution in [2.45, 2.75) is 27.2 Å². The van der Waals surface area contributed by atoms with E-state index in [9.17, 15) is 4.79 Å². The molecule has 0 saturated carbocycles. The van der Waals surface area contributed by atoms with Crippen LogP contribution in [0.25, 0.3) is 11.0 Å². The Labute approximate surface area is 94.9 Å². The van der Waals surface area contributed by atoms with Gasteiger partial charge in [-0.1, -0.05) is 26.8 Å². The number of hydrogen-bond acceptors (Lipinski definition) is 2. The first-order valence-electron chi connectivity index (χ1n) is 5.47. The van der Waals surface area contributed by atoms with Gasteiger partial charge in [-0.3, -0.25) is 0 Å². The van der Waals surface area contributed by atoms with E-state index in [0.717, 1.165) is 11.8 Å². The third kappa shape index (κ3) is 2.51. The predicted octanol–water partition coefficient (Wildman–Crippen LogP) is 3.38. The van der Waals surface area contributed by atoms with Gasteiger partial charge in [-0.05, 0) is 35.6 Å². The molecule has 1 aromatic heterocycles. The fourth-order valence-electron chi connectivity index (χ4n) is 1.84. The van der Waals surface area contributed by atoms with Crippen LogP contribution in [-0.4, -0.2) is 0 Å². The molecule has 84 valence electrons. The standard InChI is InChI=1S/C14H16O2/c1-14(2,3)9-10-4-6-12-11(8-10)5-7-13(15)16-12/h4-8H,9H2,1-3H3. The molecular formula is C14H16O2. The van der Waals surface area contributed by atoms with Gasteiger partial charge in [-0.2, -0.15) is 0 Å². The Morgan fingerprint density at radius 3 is 2.56 bits per heavy atom. The molecule has 2 aromatic rings. The Hall–Kier alpha value is -1.57. The van der Waals surface area contributed by atoms with E-state index in [4.69, 9.17) is 4.42 Å². The summed E-state index contributed by atoms with van der Waals surface area (Å²) in [7, 11) is 0. The first kappa shape index (κ1) is 10.9. The molecule has 0 N–H and O–H groups in total. The van der Waals surface area contributed by atoms with Crippen LogP contribution >= 0.6 is 0 Å². The number of rotatable bonds is 1. The highest BCUT2D eigenvalue weighted by atomic mass is 16.4. The Bertz CT molecular complexity index is 559. The summed E-state index contributed by atoms with van der Waals surface area (Å²) in [6.07, 6.45) is 1.02. The minimum absolute atomic E-state index is 0.267. The maximum Gasteiger partial charge on any atom is 0.336 e. The maximum absolute atomic E-state index is 11.0. The lowest BCUT2D eigenvalue weighted by Crippen LogP contribution is -2.09. The largest absolute Gasteiger partial charge is 0.423 e. The van der Waals surface area contributed by atoms with E-state index in [1.165, 1.54) is 11.6 Å². The van der Waals surface area contributed by atoms with Gasteiger partial charge in [0.25, 0.3) is 0 Å². The van der Waals surface area contributed by atoms with Crippen molar-refractivity contribution in [3.8, 4) is 0 Å².